The Labute approximate surface area is 241 Å². The minimum Gasteiger partial charge on any atom is -0.459 e. The Hall–Kier alpha value is -3.96. The van der Waals surface area contributed by atoms with Gasteiger partial charge in [-0.1, -0.05) is 59.6 Å². The fourth-order valence-corrected chi connectivity index (χ4v) is 5.31. The smallest absolute Gasteiger partial charge is 0.329 e. The number of nitrogens with zero attached hydrogens (tertiary/aromatic N) is 2. The lowest BCUT2D eigenvalue weighted by molar-refractivity contribution is -0.136. The van der Waals surface area contributed by atoms with Gasteiger partial charge in [-0.2, -0.15) is 9.41 Å². The third-order valence-electron chi connectivity index (χ3n) is 5.68. The van der Waals surface area contributed by atoms with Crippen LogP contribution in [0.1, 0.15) is 22.6 Å². The number of carbonyl (C=O) groups excluding carboxylic acids is 2. The maximum absolute atomic E-state index is 13.4. The minimum atomic E-state index is -3.87. The molecule has 0 spiro atoms. The van der Waals surface area contributed by atoms with E-state index in [4.69, 9.17) is 27.6 Å². The summed E-state index contributed by atoms with van der Waals surface area (Å²) in [7, 11) is -3.87. The van der Waals surface area contributed by atoms with Crippen LogP contribution in [0, 0.1) is 6.92 Å². The number of carbonyl (C=O) groups is 2. The number of sulfonamides is 1. The number of hydrogen-bond donors (Lipinski definition) is 2. The number of hydrogen-bond acceptors (Lipinski definition) is 6. The Kier molecular flexibility index (Phi) is 9.38. The molecule has 40 heavy (non-hydrogen) atoms. The van der Waals surface area contributed by atoms with E-state index in [-0.39, 0.29) is 23.7 Å². The van der Waals surface area contributed by atoms with Gasteiger partial charge in [-0.25, -0.2) is 13.8 Å². The molecule has 0 aliphatic rings. The first kappa shape index (κ1) is 29.0. The van der Waals surface area contributed by atoms with Gasteiger partial charge in [0.2, 0.25) is 10.0 Å². The van der Waals surface area contributed by atoms with Crippen molar-refractivity contribution < 1.29 is 22.4 Å². The Balaban J connectivity index is 1.43. The van der Waals surface area contributed by atoms with Crippen molar-refractivity contribution in [3.05, 3.63) is 118 Å². The zero-order chi connectivity index (χ0) is 28.7. The average molecular weight is 599 g/mol. The van der Waals surface area contributed by atoms with Crippen LogP contribution in [0.25, 0.3) is 0 Å². The predicted molar refractivity (Wildman–Crippen MR) is 154 cm³/mol. The van der Waals surface area contributed by atoms with Crippen molar-refractivity contribution in [2.75, 3.05) is 5.32 Å². The number of hydrazone groups is 1. The third kappa shape index (κ3) is 7.57. The van der Waals surface area contributed by atoms with E-state index in [9.17, 15) is 18.0 Å². The fraction of sp³-hybridized carbons (Fsp3) is 0.107. The van der Waals surface area contributed by atoms with E-state index in [1.54, 1.807) is 73.7 Å². The number of halogens is 2. The normalized spacial score (nSPS) is 11.6. The molecule has 206 valence electrons. The van der Waals surface area contributed by atoms with Crippen LogP contribution in [-0.2, 0) is 32.7 Å². The van der Waals surface area contributed by atoms with Gasteiger partial charge in [0.15, 0.2) is 0 Å². The number of anilines is 1. The molecule has 0 atom stereocenters. The molecule has 0 saturated heterocycles. The van der Waals surface area contributed by atoms with Gasteiger partial charge in [-0.3, -0.25) is 9.59 Å². The van der Waals surface area contributed by atoms with E-state index in [0.717, 1.165) is 11.1 Å². The molecule has 0 unspecified atom stereocenters. The lowest BCUT2D eigenvalue weighted by Crippen LogP contribution is -2.32. The molecule has 2 amide bonds. The summed E-state index contributed by atoms with van der Waals surface area (Å²) in [5, 5.41) is 7.19. The maximum atomic E-state index is 13.4. The second-order valence-electron chi connectivity index (χ2n) is 8.63. The van der Waals surface area contributed by atoms with Crippen molar-refractivity contribution >= 4 is 56.9 Å². The Morgan fingerprint density at radius 3 is 2.33 bits per heavy atom. The molecule has 0 aliphatic heterocycles. The topological polar surface area (TPSA) is 121 Å². The van der Waals surface area contributed by atoms with Crippen LogP contribution in [0.5, 0.6) is 0 Å². The first-order valence-corrected chi connectivity index (χ1v) is 14.1. The van der Waals surface area contributed by atoms with Crippen molar-refractivity contribution in [2.24, 2.45) is 5.10 Å². The van der Waals surface area contributed by atoms with Crippen LogP contribution < -0.4 is 10.7 Å². The summed E-state index contributed by atoms with van der Waals surface area (Å²) in [5.41, 5.74) is 4.01. The average Bonchev–Trinajstić information content (AvgIpc) is 3.39. The Morgan fingerprint density at radius 1 is 0.900 bits per heavy atom. The highest BCUT2D eigenvalue weighted by atomic mass is 35.5. The van der Waals surface area contributed by atoms with E-state index in [1.807, 2.05) is 0 Å². The molecule has 1 aromatic heterocycles. The molecule has 1 heterocycles. The van der Waals surface area contributed by atoms with Gasteiger partial charge in [0.25, 0.3) is 0 Å². The molecule has 3 aromatic carbocycles. The molecule has 0 saturated carbocycles. The van der Waals surface area contributed by atoms with Crippen molar-refractivity contribution in [1.82, 2.24) is 9.73 Å². The molecule has 4 aromatic rings. The molecule has 4 rings (SSSR count). The summed E-state index contributed by atoms with van der Waals surface area (Å²) in [4.78, 5) is 24.5. The van der Waals surface area contributed by atoms with Crippen LogP contribution in [0.2, 0.25) is 10.0 Å². The molecule has 2 N–H and O–H groups in total. The van der Waals surface area contributed by atoms with Gasteiger partial charge in [-0.15, -0.1) is 0 Å². The predicted octanol–water partition coefficient (Wildman–Crippen LogP) is 5.37. The largest absolute Gasteiger partial charge is 0.459 e. The lowest BCUT2D eigenvalue weighted by Gasteiger charge is -2.21. The lowest BCUT2D eigenvalue weighted by atomic mass is 10.2. The fourth-order valence-electron chi connectivity index (χ4n) is 3.60. The van der Waals surface area contributed by atoms with E-state index in [2.05, 4.69) is 15.8 Å². The van der Waals surface area contributed by atoms with E-state index < -0.39 is 21.8 Å². The summed E-state index contributed by atoms with van der Waals surface area (Å²) in [6, 6.07) is 23.1. The van der Waals surface area contributed by atoms with Crippen LogP contribution in [0.15, 0.2) is 99.3 Å². The van der Waals surface area contributed by atoms with Crippen LogP contribution in [-0.4, -0.2) is 30.8 Å². The molecule has 0 aliphatic carbocycles. The first-order chi connectivity index (χ1) is 19.1. The highest BCUT2D eigenvalue weighted by molar-refractivity contribution is 7.89. The second-order valence-corrected chi connectivity index (χ2v) is 11.4. The summed E-state index contributed by atoms with van der Waals surface area (Å²) in [5.74, 6) is -1.34. The molecule has 9 nitrogen and oxygen atoms in total. The molecule has 0 bridgehead atoms. The molecule has 12 heteroatoms. The highest BCUT2D eigenvalue weighted by Gasteiger charge is 2.26. The van der Waals surface area contributed by atoms with E-state index in [1.165, 1.54) is 28.7 Å². The number of furan rings is 1. The molecule has 0 radical (unpaired) electrons. The zero-order valence-electron chi connectivity index (χ0n) is 21.2. The summed E-state index contributed by atoms with van der Waals surface area (Å²) < 4.78 is 33.9. The second kappa shape index (κ2) is 12.9. The van der Waals surface area contributed by atoms with Gasteiger partial charge >= 0.3 is 11.8 Å². The first-order valence-electron chi connectivity index (χ1n) is 11.9. The Morgan fingerprint density at radius 2 is 1.60 bits per heavy atom. The van der Waals surface area contributed by atoms with Gasteiger partial charge in [0, 0.05) is 22.3 Å². The SMILES string of the molecule is Cc1ccc(Cl)cc1NC(=O)C(=O)N/N=C/c1ccc(CN(Cc2ccc(Cl)cc2)S(=O)(=O)c2ccccc2)o1. The van der Waals surface area contributed by atoms with Crippen molar-refractivity contribution in [2.45, 2.75) is 24.9 Å². The van der Waals surface area contributed by atoms with E-state index >= 15 is 0 Å². The van der Waals surface area contributed by atoms with Crippen LogP contribution in [0.3, 0.4) is 0 Å². The summed E-state index contributed by atoms with van der Waals surface area (Å²) in [6.07, 6.45) is 1.20. The van der Waals surface area contributed by atoms with Crippen molar-refractivity contribution in [3.63, 3.8) is 0 Å². The quantitative estimate of drug-likeness (QED) is 0.152. The summed E-state index contributed by atoms with van der Waals surface area (Å²) >= 11 is 11.9. The molecule has 0 fully saturated rings. The third-order valence-corrected chi connectivity index (χ3v) is 7.97. The van der Waals surface area contributed by atoms with Crippen LogP contribution >= 0.6 is 23.2 Å². The van der Waals surface area contributed by atoms with Crippen LogP contribution in [0.4, 0.5) is 5.69 Å². The van der Waals surface area contributed by atoms with Crippen molar-refractivity contribution in [3.8, 4) is 0 Å². The Bertz CT molecular complexity index is 1640. The summed E-state index contributed by atoms with van der Waals surface area (Å²) in [6.45, 7) is 1.77. The monoisotopic (exact) mass is 598 g/mol. The zero-order valence-corrected chi connectivity index (χ0v) is 23.5. The number of benzene rings is 3. The number of rotatable bonds is 9. The van der Waals surface area contributed by atoms with Crippen molar-refractivity contribution in [1.29, 1.82) is 0 Å². The molecular formula is C28H24Cl2N4O5S. The number of aryl methyl sites for hydroxylation is 1. The minimum absolute atomic E-state index is 0.0680. The maximum Gasteiger partial charge on any atom is 0.329 e. The van der Waals surface area contributed by atoms with Gasteiger partial charge in [0.1, 0.15) is 11.5 Å². The highest BCUT2D eigenvalue weighted by Crippen LogP contribution is 2.23. The van der Waals surface area contributed by atoms with Gasteiger partial charge in [0.05, 0.1) is 17.7 Å². The number of amides is 2. The van der Waals surface area contributed by atoms with E-state index in [0.29, 0.717) is 21.5 Å². The molecular weight excluding hydrogens is 575 g/mol. The number of nitrogens with one attached hydrogen (secondary N) is 2. The van der Waals surface area contributed by atoms with Gasteiger partial charge < -0.3 is 9.73 Å². The standard InChI is InChI=1S/C28H24Cl2N4O5S/c1-19-7-10-22(30)15-26(19)32-27(35)28(36)33-31-16-23-13-14-24(39-23)18-34(17-20-8-11-21(29)12-9-20)40(37,38)25-5-3-2-4-6-25/h2-16H,17-18H2,1H3,(H,32,35)(H,33,36)/b31-16+. The van der Waals surface area contributed by atoms with Gasteiger partial charge in [-0.05, 0) is 66.6 Å².